The van der Waals surface area contributed by atoms with Gasteiger partial charge in [0.15, 0.2) is 0 Å². The topological polar surface area (TPSA) is 83.8 Å². The highest BCUT2D eigenvalue weighted by atomic mass is 16.5. The van der Waals surface area contributed by atoms with E-state index in [0.717, 1.165) is 89.9 Å². The Kier molecular flexibility index (Phi) is 6.56. The fraction of sp³-hybridized carbons (Fsp3) is 0.923. The Morgan fingerprint density at radius 3 is 1.58 bits per heavy atom. The third-order valence-electron chi connectivity index (χ3n) is 9.58. The van der Waals surface area contributed by atoms with E-state index < -0.39 is 0 Å². The highest BCUT2D eigenvalue weighted by Crippen LogP contribution is 2.51. The maximum Gasteiger partial charge on any atom is 0.139 e. The van der Waals surface area contributed by atoms with Gasteiger partial charge in [-0.3, -0.25) is 9.59 Å². The largest absolute Gasteiger partial charge is 0.393 e. The number of ether oxygens (including phenoxy) is 1. The molecule has 0 aromatic heterocycles. The van der Waals surface area contributed by atoms with Crippen molar-refractivity contribution in [1.82, 2.24) is 0 Å². The molecule has 1 saturated heterocycles. The minimum Gasteiger partial charge on any atom is -0.393 e. The van der Waals surface area contributed by atoms with Crippen LogP contribution < -0.4 is 0 Å². The summed E-state index contributed by atoms with van der Waals surface area (Å²) in [6.45, 7) is 0. The summed E-state index contributed by atoms with van der Waals surface area (Å²) in [6, 6.07) is 0. The van der Waals surface area contributed by atoms with Crippen LogP contribution in [0.3, 0.4) is 0 Å². The van der Waals surface area contributed by atoms with Gasteiger partial charge in [0.05, 0.1) is 24.4 Å². The third kappa shape index (κ3) is 4.52. The van der Waals surface area contributed by atoms with Crippen molar-refractivity contribution in [3.63, 3.8) is 0 Å². The van der Waals surface area contributed by atoms with Crippen LogP contribution in [0.2, 0.25) is 0 Å². The van der Waals surface area contributed by atoms with Crippen LogP contribution >= 0.6 is 0 Å². The number of aliphatic hydroxyl groups excluding tert-OH is 2. The Balaban J connectivity index is 1.16. The van der Waals surface area contributed by atoms with Gasteiger partial charge >= 0.3 is 0 Å². The molecule has 6 unspecified atom stereocenters. The SMILES string of the molecule is O=C(C1CCC(O)CC1)C1CCC2C(C1)OC1CCC(C(=O)C3CCC(O)CC3)CC12. The lowest BCUT2D eigenvalue weighted by Gasteiger charge is -2.37. The number of fused-ring (bicyclic) bond motifs is 3. The first-order chi connectivity index (χ1) is 15.0. The number of hydrogen-bond donors (Lipinski definition) is 2. The summed E-state index contributed by atoms with van der Waals surface area (Å²) in [7, 11) is 0. The molecule has 0 radical (unpaired) electrons. The number of carbonyl (C=O) groups is 2. The van der Waals surface area contributed by atoms with Crippen molar-refractivity contribution in [1.29, 1.82) is 0 Å². The molecule has 5 rings (SSSR count). The van der Waals surface area contributed by atoms with Gasteiger partial charge in [0.1, 0.15) is 11.6 Å². The van der Waals surface area contributed by atoms with Gasteiger partial charge < -0.3 is 14.9 Å². The van der Waals surface area contributed by atoms with Gasteiger partial charge in [-0.05, 0) is 102 Å². The minimum atomic E-state index is -0.213. The average molecular weight is 433 g/mol. The molecule has 1 heterocycles. The van der Waals surface area contributed by atoms with Crippen LogP contribution in [0.15, 0.2) is 0 Å². The van der Waals surface area contributed by atoms with Gasteiger partial charge in [0.25, 0.3) is 0 Å². The summed E-state index contributed by atoms with van der Waals surface area (Å²) in [5.41, 5.74) is 0. The Bertz CT molecular complexity index is 661. The zero-order valence-corrected chi connectivity index (χ0v) is 18.8. The Labute approximate surface area is 186 Å². The quantitative estimate of drug-likeness (QED) is 0.705. The van der Waals surface area contributed by atoms with Crippen LogP contribution in [0.5, 0.6) is 0 Å². The van der Waals surface area contributed by atoms with E-state index in [0.29, 0.717) is 23.4 Å². The smallest absolute Gasteiger partial charge is 0.139 e. The number of ketones is 2. The summed E-state index contributed by atoms with van der Waals surface area (Å²) in [6.07, 6.45) is 12.4. The standard InChI is InChI=1S/C26H40O5/c27-19-7-1-15(2-8-19)25(29)17-6-12-23-22(13-17)21-11-5-18(14-24(21)31-23)26(30)16-3-9-20(28)10-4-16/h15-24,27-28H,1-14H2. The zero-order chi connectivity index (χ0) is 21.5. The molecule has 5 nitrogen and oxygen atoms in total. The zero-order valence-electron chi connectivity index (χ0n) is 18.8. The van der Waals surface area contributed by atoms with Gasteiger partial charge in [-0.2, -0.15) is 0 Å². The van der Waals surface area contributed by atoms with E-state index in [1.54, 1.807) is 0 Å². The second-order valence-electron chi connectivity index (χ2n) is 11.4. The van der Waals surface area contributed by atoms with Crippen molar-refractivity contribution in [2.45, 2.75) is 114 Å². The first kappa shape index (κ1) is 22.0. The number of Topliss-reactive ketones (excluding diaryl/α,β-unsaturated/α-hetero) is 2. The molecule has 31 heavy (non-hydrogen) atoms. The first-order valence-electron chi connectivity index (χ1n) is 13.1. The Morgan fingerprint density at radius 1 is 0.516 bits per heavy atom. The van der Waals surface area contributed by atoms with Gasteiger partial charge in [-0.25, -0.2) is 0 Å². The van der Waals surface area contributed by atoms with Crippen LogP contribution in [0.1, 0.15) is 89.9 Å². The van der Waals surface area contributed by atoms with Gasteiger partial charge in [0, 0.05) is 23.7 Å². The van der Waals surface area contributed by atoms with Crippen LogP contribution in [0.4, 0.5) is 0 Å². The average Bonchev–Trinajstić information content (AvgIpc) is 3.16. The van der Waals surface area contributed by atoms with Crippen molar-refractivity contribution in [2.75, 3.05) is 0 Å². The maximum absolute atomic E-state index is 13.2. The van der Waals surface area contributed by atoms with Crippen molar-refractivity contribution in [3.05, 3.63) is 0 Å². The molecular formula is C26H40O5. The molecule has 4 aliphatic carbocycles. The van der Waals surface area contributed by atoms with Crippen molar-refractivity contribution in [3.8, 4) is 0 Å². The van der Waals surface area contributed by atoms with Crippen molar-refractivity contribution >= 4 is 11.6 Å². The van der Waals surface area contributed by atoms with E-state index in [1.165, 1.54) is 0 Å². The third-order valence-corrected chi connectivity index (χ3v) is 9.58. The maximum atomic E-state index is 13.2. The number of aliphatic hydroxyl groups is 2. The van der Waals surface area contributed by atoms with E-state index in [2.05, 4.69) is 0 Å². The van der Waals surface area contributed by atoms with Crippen molar-refractivity contribution < 1.29 is 24.5 Å². The fourth-order valence-corrected chi connectivity index (χ4v) is 7.72. The van der Waals surface area contributed by atoms with Gasteiger partial charge in [-0.15, -0.1) is 0 Å². The molecule has 0 aromatic rings. The monoisotopic (exact) mass is 432 g/mol. The second-order valence-corrected chi connectivity index (χ2v) is 11.4. The van der Waals surface area contributed by atoms with E-state index in [4.69, 9.17) is 4.74 Å². The molecule has 0 amide bonds. The molecular weight excluding hydrogens is 392 g/mol. The molecule has 0 aromatic carbocycles. The predicted octanol–water partition coefficient (Wildman–Crippen LogP) is 3.83. The molecule has 6 atom stereocenters. The van der Waals surface area contributed by atoms with Gasteiger partial charge in [-0.1, -0.05) is 0 Å². The lowest BCUT2D eigenvalue weighted by Crippen LogP contribution is -2.38. The normalized spacial score (nSPS) is 47.9. The van der Waals surface area contributed by atoms with Gasteiger partial charge in [0.2, 0.25) is 0 Å². The molecule has 0 bridgehead atoms. The molecule has 0 spiro atoms. The molecule has 5 aliphatic rings. The Hall–Kier alpha value is -0.780. The molecule has 1 aliphatic heterocycles. The van der Waals surface area contributed by atoms with Crippen molar-refractivity contribution in [2.24, 2.45) is 35.5 Å². The summed E-state index contributed by atoms with van der Waals surface area (Å²) in [5.74, 6) is 2.50. The molecule has 2 N–H and O–H groups in total. The highest BCUT2D eigenvalue weighted by molar-refractivity contribution is 5.84. The van der Waals surface area contributed by atoms with E-state index >= 15 is 0 Å². The second kappa shape index (κ2) is 9.23. The lowest BCUT2D eigenvalue weighted by molar-refractivity contribution is -0.132. The first-order valence-corrected chi connectivity index (χ1v) is 13.1. The predicted molar refractivity (Wildman–Crippen MR) is 116 cm³/mol. The molecule has 5 fully saturated rings. The summed E-state index contributed by atoms with van der Waals surface area (Å²) >= 11 is 0. The van der Waals surface area contributed by atoms with E-state index in [9.17, 15) is 19.8 Å². The summed E-state index contributed by atoms with van der Waals surface area (Å²) in [5, 5.41) is 19.5. The summed E-state index contributed by atoms with van der Waals surface area (Å²) < 4.78 is 6.51. The molecule has 174 valence electrons. The van der Waals surface area contributed by atoms with E-state index in [1.807, 2.05) is 0 Å². The lowest BCUT2D eigenvalue weighted by atomic mass is 9.65. The number of carbonyl (C=O) groups excluding carboxylic acids is 2. The molecule has 5 heteroatoms. The molecule has 4 saturated carbocycles. The number of rotatable bonds is 4. The fourth-order valence-electron chi connectivity index (χ4n) is 7.72. The van der Waals surface area contributed by atoms with Crippen LogP contribution in [-0.4, -0.2) is 46.2 Å². The van der Waals surface area contributed by atoms with E-state index in [-0.39, 0.29) is 48.1 Å². The van der Waals surface area contributed by atoms with Crippen LogP contribution in [0.25, 0.3) is 0 Å². The Morgan fingerprint density at radius 2 is 1.00 bits per heavy atom. The van der Waals surface area contributed by atoms with Crippen LogP contribution in [-0.2, 0) is 14.3 Å². The van der Waals surface area contributed by atoms with Crippen LogP contribution in [0, 0.1) is 35.5 Å². The summed E-state index contributed by atoms with van der Waals surface area (Å²) in [4.78, 5) is 26.3. The number of hydrogen-bond acceptors (Lipinski definition) is 5. The highest BCUT2D eigenvalue weighted by Gasteiger charge is 2.51. The minimum absolute atomic E-state index is 0.132.